The SMILES string of the molecule is O=C(O)C(F)(F)F.OCCCNCc1ccc(-c2cccc(-c3ccn[nH]3)c2)cc1. The molecule has 4 N–H and O–H groups in total. The molecule has 2 aromatic carbocycles. The van der Waals surface area contributed by atoms with Gasteiger partial charge in [-0.25, -0.2) is 4.79 Å². The number of hydrogen-bond acceptors (Lipinski definition) is 4. The summed E-state index contributed by atoms with van der Waals surface area (Å²) in [6, 6.07) is 19.0. The lowest BCUT2D eigenvalue weighted by molar-refractivity contribution is -0.192. The summed E-state index contributed by atoms with van der Waals surface area (Å²) in [4.78, 5) is 8.90. The van der Waals surface area contributed by atoms with E-state index in [0.29, 0.717) is 0 Å². The minimum Gasteiger partial charge on any atom is -0.475 e. The molecule has 0 radical (unpaired) electrons. The molecule has 160 valence electrons. The Labute approximate surface area is 171 Å². The van der Waals surface area contributed by atoms with Crippen LogP contribution in [-0.2, 0) is 11.3 Å². The summed E-state index contributed by atoms with van der Waals surface area (Å²) in [6.07, 6.45) is -2.53. The van der Waals surface area contributed by atoms with Crippen LogP contribution in [0.2, 0.25) is 0 Å². The summed E-state index contributed by atoms with van der Waals surface area (Å²) >= 11 is 0. The van der Waals surface area contributed by atoms with Crippen LogP contribution < -0.4 is 5.32 Å². The van der Waals surface area contributed by atoms with Gasteiger partial charge in [-0.3, -0.25) is 5.10 Å². The lowest BCUT2D eigenvalue weighted by Crippen LogP contribution is -2.21. The molecule has 0 unspecified atom stereocenters. The highest BCUT2D eigenvalue weighted by molar-refractivity contribution is 5.73. The van der Waals surface area contributed by atoms with Crippen LogP contribution in [0.4, 0.5) is 13.2 Å². The third kappa shape index (κ3) is 7.34. The Hall–Kier alpha value is -3.17. The van der Waals surface area contributed by atoms with E-state index in [1.165, 1.54) is 16.7 Å². The van der Waals surface area contributed by atoms with Crippen molar-refractivity contribution in [3.63, 3.8) is 0 Å². The highest BCUT2D eigenvalue weighted by atomic mass is 19.4. The second-order valence-electron chi connectivity index (χ2n) is 6.30. The quantitative estimate of drug-likeness (QED) is 0.435. The second-order valence-corrected chi connectivity index (χ2v) is 6.30. The van der Waals surface area contributed by atoms with E-state index in [0.717, 1.165) is 30.8 Å². The maximum atomic E-state index is 10.6. The highest BCUT2D eigenvalue weighted by Crippen LogP contribution is 2.25. The molecule has 30 heavy (non-hydrogen) atoms. The number of aliphatic hydroxyl groups excluding tert-OH is 1. The Morgan fingerprint density at radius 1 is 1.03 bits per heavy atom. The van der Waals surface area contributed by atoms with Crippen molar-refractivity contribution in [1.29, 1.82) is 0 Å². The number of alkyl halides is 3. The zero-order chi connectivity index (χ0) is 22.0. The standard InChI is InChI=1S/C19H21N3O.C2HF3O2/c23-12-2-10-20-14-15-5-7-16(8-6-15)17-3-1-4-18(13-17)19-9-11-21-22-19;3-2(4,5)1(6)7/h1,3-9,11,13,20,23H,2,10,12,14H2,(H,21,22);(H,6,7). The van der Waals surface area contributed by atoms with Gasteiger partial charge in [-0.1, -0.05) is 42.5 Å². The number of nitrogens with one attached hydrogen (secondary N) is 2. The summed E-state index contributed by atoms with van der Waals surface area (Å²) in [7, 11) is 0. The molecule has 0 saturated heterocycles. The summed E-state index contributed by atoms with van der Waals surface area (Å²) in [6.45, 7) is 1.90. The number of aliphatic hydroxyl groups is 1. The Morgan fingerprint density at radius 2 is 1.70 bits per heavy atom. The molecule has 9 heteroatoms. The summed E-state index contributed by atoms with van der Waals surface area (Å²) in [5.74, 6) is -2.76. The van der Waals surface area contributed by atoms with Crippen LogP contribution in [0.3, 0.4) is 0 Å². The zero-order valence-electron chi connectivity index (χ0n) is 16.0. The smallest absolute Gasteiger partial charge is 0.475 e. The summed E-state index contributed by atoms with van der Waals surface area (Å²) in [5.41, 5.74) is 5.80. The molecule has 3 aromatic rings. The maximum absolute atomic E-state index is 10.6. The molecular formula is C21H22F3N3O3. The van der Waals surface area contributed by atoms with Crippen LogP contribution in [-0.4, -0.2) is 45.7 Å². The van der Waals surface area contributed by atoms with Crippen molar-refractivity contribution in [3.8, 4) is 22.4 Å². The van der Waals surface area contributed by atoms with Crippen molar-refractivity contribution < 1.29 is 28.2 Å². The molecule has 0 fully saturated rings. The van der Waals surface area contributed by atoms with Gasteiger partial charge in [0.25, 0.3) is 0 Å². The number of aromatic amines is 1. The van der Waals surface area contributed by atoms with Crippen LogP contribution in [0.1, 0.15) is 12.0 Å². The molecule has 0 amide bonds. The van der Waals surface area contributed by atoms with E-state index in [2.05, 4.69) is 64.0 Å². The number of benzene rings is 2. The Balaban J connectivity index is 0.000000396. The Kier molecular flexibility index (Phi) is 8.57. The van der Waals surface area contributed by atoms with E-state index in [1.807, 2.05) is 6.07 Å². The molecule has 0 aliphatic rings. The minimum atomic E-state index is -5.08. The van der Waals surface area contributed by atoms with Crippen LogP contribution >= 0.6 is 0 Å². The number of carbonyl (C=O) groups is 1. The Bertz CT molecular complexity index is 911. The fraction of sp³-hybridized carbons (Fsp3) is 0.238. The molecule has 6 nitrogen and oxygen atoms in total. The number of halogens is 3. The van der Waals surface area contributed by atoms with Crippen LogP contribution in [0, 0.1) is 0 Å². The number of carboxylic acid groups (broad SMARTS) is 1. The number of carboxylic acids is 1. The van der Waals surface area contributed by atoms with Crippen molar-refractivity contribution in [2.45, 2.75) is 19.1 Å². The van der Waals surface area contributed by atoms with Crippen molar-refractivity contribution in [3.05, 3.63) is 66.4 Å². The first-order valence-electron chi connectivity index (χ1n) is 9.12. The monoisotopic (exact) mass is 421 g/mol. The fourth-order valence-electron chi connectivity index (χ4n) is 2.53. The van der Waals surface area contributed by atoms with Gasteiger partial charge in [-0.05, 0) is 41.8 Å². The maximum Gasteiger partial charge on any atom is 0.490 e. The predicted octanol–water partition coefficient (Wildman–Crippen LogP) is 3.85. The third-order valence-electron chi connectivity index (χ3n) is 4.04. The number of aliphatic carboxylic acids is 1. The van der Waals surface area contributed by atoms with Gasteiger partial charge in [-0.15, -0.1) is 0 Å². The molecule has 1 heterocycles. The molecule has 0 saturated carbocycles. The van der Waals surface area contributed by atoms with Crippen molar-refractivity contribution in [2.24, 2.45) is 0 Å². The molecule has 3 rings (SSSR count). The lowest BCUT2D eigenvalue weighted by atomic mass is 10.0. The molecule has 0 spiro atoms. The van der Waals surface area contributed by atoms with Gasteiger partial charge in [-0.2, -0.15) is 18.3 Å². The number of hydrogen-bond donors (Lipinski definition) is 4. The van der Waals surface area contributed by atoms with Gasteiger partial charge in [0.15, 0.2) is 0 Å². The van der Waals surface area contributed by atoms with E-state index in [4.69, 9.17) is 15.0 Å². The topological polar surface area (TPSA) is 98.2 Å². The van der Waals surface area contributed by atoms with Gasteiger partial charge in [0, 0.05) is 24.9 Å². The van der Waals surface area contributed by atoms with Crippen LogP contribution in [0.15, 0.2) is 60.8 Å². The van der Waals surface area contributed by atoms with Gasteiger partial charge >= 0.3 is 12.1 Å². The molecule has 1 aromatic heterocycles. The zero-order valence-corrected chi connectivity index (χ0v) is 16.0. The van der Waals surface area contributed by atoms with E-state index in [-0.39, 0.29) is 6.61 Å². The van der Waals surface area contributed by atoms with Crippen molar-refractivity contribution in [2.75, 3.05) is 13.2 Å². The van der Waals surface area contributed by atoms with Gasteiger partial charge < -0.3 is 15.5 Å². The summed E-state index contributed by atoms with van der Waals surface area (Å²) in [5, 5.41) is 26.2. The molecular weight excluding hydrogens is 399 g/mol. The minimum absolute atomic E-state index is 0.235. The van der Waals surface area contributed by atoms with Gasteiger partial charge in [0.2, 0.25) is 0 Å². The summed E-state index contributed by atoms with van der Waals surface area (Å²) < 4.78 is 31.7. The number of H-pyrrole nitrogens is 1. The van der Waals surface area contributed by atoms with E-state index in [1.54, 1.807) is 6.20 Å². The van der Waals surface area contributed by atoms with Crippen molar-refractivity contribution in [1.82, 2.24) is 15.5 Å². The van der Waals surface area contributed by atoms with Gasteiger partial charge in [0.05, 0.1) is 5.69 Å². The average molecular weight is 421 g/mol. The predicted molar refractivity (Wildman–Crippen MR) is 107 cm³/mol. The molecule has 0 bridgehead atoms. The lowest BCUT2D eigenvalue weighted by Gasteiger charge is -2.07. The third-order valence-corrected chi connectivity index (χ3v) is 4.04. The van der Waals surface area contributed by atoms with E-state index in [9.17, 15) is 13.2 Å². The number of rotatable bonds is 7. The van der Waals surface area contributed by atoms with Gasteiger partial charge in [0.1, 0.15) is 0 Å². The second kappa shape index (κ2) is 11.1. The normalized spacial score (nSPS) is 10.9. The van der Waals surface area contributed by atoms with E-state index >= 15 is 0 Å². The average Bonchev–Trinajstić information content (AvgIpc) is 3.27. The fourth-order valence-corrected chi connectivity index (χ4v) is 2.53. The Morgan fingerprint density at radius 3 is 2.27 bits per heavy atom. The number of nitrogens with zero attached hydrogens (tertiary/aromatic N) is 1. The van der Waals surface area contributed by atoms with Crippen LogP contribution in [0.5, 0.6) is 0 Å². The first kappa shape index (κ1) is 23.1. The van der Waals surface area contributed by atoms with E-state index < -0.39 is 12.1 Å². The first-order chi connectivity index (χ1) is 14.3. The largest absolute Gasteiger partial charge is 0.490 e. The molecule has 0 aliphatic carbocycles. The molecule has 0 atom stereocenters. The highest BCUT2D eigenvalue weighted by Gasteiger charge is 2.38. The number of aromatic nitrogens is 2. The van der Waals surface area contributed by atoms with Crippen molar-refractivity contribution >= 4 is 5.97 Å². The first-order valence-corrected chi connectivity index (χ1v) is 9.12. The van der Waals surface area contributed by atoms with Crippen LogP contribution in [0.25, 0.3) is 22.4 Å². The molecule has 0 aliphatic heterocycles.